The first-order valence-electron chi connectivity index (χ1n) is 6.66. The summed E-state index contributed by atoms with van der Waals surface area (Å²) in [5, 5.41) is 4.31. The highest BCUT2D eigenvalue weighted by molar-refractivity contribution is 7.99. The molecule has 1 fully saturated rings. The Morgan fingerprint density at radius 2 is 2.05 bits per heavy atom. The predicted molar refractivity (Wildman–Crippen MR) is 83.1 cm³/mol. The fraction of sp³-hybridized carbons (Fsp3) is 0.750. The third-order valence-electron chi connectivity index (χ3n) is 3.39. The number of hydrogen-bond acceptors (Lipinski definition) is 4. The van der Waals surface area contributed by atoms with Crippen LogP contribution in [0, 0.1) is 13.8 Å². The van der Waals surface area contributed by atoms with Crippen molar-refractivity contribution in [3.8, 4) is 0 Å². The number of rotatable bonds is 4. The van der Waals surface area contributed by atoms with E-state index in [2.05, 4.69) is 5.10 Å². The third kappa shape index (κ3) is 3.16. The Morgan fingerprint density at radius 1 is 1.30 bits per heavy atom. The van der Waals surface area contributed by atoms with E-state index in [1.54, 1.807) is 22.8 Å². The lowest BCUT2D eigenvalue weighted by atomic mass is 10.4. The number of aromatic nitrogens is 2. The second-order valence-corrected chi connectivity index (χ2v) is 8.26. The quantitative estimate of drug-likeness (QED) is 0.787. The number of halogens is 1. The van der Waals surface area contributed by atoms with E-state index in [4.69, 9.17) is 11.6 Å². The Labute approximate surface area is 129 Å². The minimum atomic E-state index is -3.45. The van der Waals surface area contributed by atoms with Crippen LogP contribution in [0.4, 0.5) is 0 Å². The molecular weight excluding hydrogens is 318 g/mol. The van der Waals surface area contributed by atoms with Crippen molar-refractivity contribution in [2.75, 3.05) is 30.5 Å². The van der Waals surface area contributed by atoms with Crippen LogP contribution in [0.2, 0.25) is 0 Å². The van der Waals surface area contributed by atoms with Gasteiger partial charge in [-0.3, -0.25) is 4.68 Å². The minimum Gasteiger partial charge on any atom is -0.267 e. The molecule has 114 valence electrons. The highest BCUT2D eigenvalue weighted by atomic mass is 35.5. The maximum atomic E-state index is 12.8. The van der Waals surface area contributed by atoms with Crippen LogP contribution in [-0.2, 0) is 16.6 Å². The van der Waals surface area contributed by atoms with Crippen LogP contribution in [-0.4, -0.2) is 53.0 Å². The van der Waals surface area contributed by atoms with Gasteiger partial charge in [-0.05, 0) is 26.0 Å². The largest absolute Gasteiger partial charge is 0.267 e. The van der Waals surface area contributed by atoms with Gasteiger partial charge in [-0.2, -0.15) is 21.2 Å². The second kappa shape index (κ2) is 6.68. The molecule has 0 amide bonds. The number of aryl methyl sites for hydroxylation is 2. The zero-order chi connectivity index (χ0) is 14.8. The number of alkyl halides is 1. The number of thioether (sulfide) groups is 1. The van der Waals surface area contributed by atoms with E-state index < -0.39 is 10.0 Å². The van der Waals surface area contributed by atoms with Gasteiger partial charge in [0.1, 0.15) is 4.90 Å². The first-order valence-corrected chi connectivity index (χ1v) is 9.79. The molecule has 8 heteroatoms. The standard InChI is InChI=1S/C12H20ClN3O2S2/c1-10-12(11(2)16(14-10)6-4-13)20(17,18)15-5-3-8-19-9-7-15/h3-9H2,1-2H3. The van der Waals surface area contributed by atoms with Gasteiger partial charge < -0.3 is 0 Å². The first kappa shape index (κ1) is 16.1. The zero-order valence-corrected chi connectivity index (χ0v) is 14.2. The van der Waals surface area contributed by atoms with Crippen molar-refractivity contribution in [3.63, 3.8) is 0 Å². The normalized spacial score (nSPS) is 18.1. The fourth-order valence-corrected chi connectivity index (χ4v) is 5.46. The van der Waals surface area contributed by atoms with E-state index in [0.717, 1.165) is 17.9 Å². The molecule has 1 aliphatic rings. The Hall–Kier alpha value is -0.240. The van der Waals surface area contributed by atoms with Gasteiger partial charge in [-0.1, -0.05) is 0 Å². The Balaban J connectivity index is 2.38. The molecule has 1 aromatic rings. The number of sulfonamides is 1. The first-order chi connectivity index (χ1) is 9.48. The van der Waals surface area contributed by atoms with Crippen molar-refractivity contribution in [2.24, 2.45) is 0 Å². The van der Waals surface area contributed by atoms with Crippen LogP contribution < -0.4 is 0 Å². The van der Waals surface area contributed by atoms with Gasteiger partial charge in [0.15, 0.2) is 0 Å². The molecule has 0 spiro atoms. The second-order valence-electron chi connectivity index (χ2n) is 4.78. The van der Waals surface area contributed by atoms with Gasteiger partial charge in [0, 0.05) is 24.7 Å². The summed E-state index contributed by atoms with van der Waals surface area (Å²) in [7, 11) is -3.45. The van der Waals surface area contributed by atoms with E-state index in [-0.39, 0.29) is 0 Å². The number of hydrogen-bond donors (Lipinski definition) is 0. The summed E-state index contributed by atoms with van der Waals surface area (Å²) in [5.41, 5.74) is 1.24. The molecule has 0 aromatic carbocycles. The van der Waals surface area contributed by atoms with Gasteiger partial charge in [0.25, 0.3) is 0 Å². The minimum absolute atomic E-state index is 0.356. The molecule has 1 aromatic heterocycles. The summed E-state index contributed by atoms with van der Waals surface area (Å²) in [6.07, 6.45) is 0.901. The Morgan fingerprint density at radius 3 is 2.75 bits per heavy atom. The highest BCUT2D eigenvalue weighted by Crippen LogP contribution is 2.25. The van der Waals surface area contributed by atoms with Gasteiger partial charge in [-0.25, -0.2) is 8.42 Å². The SMILES string of the molecule is Cc1nn(CCCl)c(C)c1S(=O)(=O)N1CCCSCC1. The molecule has 2 rings (SSSR count). The Bertz CT molecular complexity index is 564. The summed E-state index contributed by atoms with van der Waals surface area (Å²) < 4.78 is 28.9. The van der Waals surface area contributed by atoms with Crippen LogP contribution in [0.5, 0.6) is 0 Å². The molecule has 2 heterocycles. The van der Waals surface area contributed by atoms with Crippen LogP contribution in [0.15, 0.2) is 4.90 Å². The van der Waals surface area contributed by atoms with Crippen molar-refractivity contribution in [1.82, 2.24) is 14.1 Å². The topological polar surface area (TPSA) is 55.2 Å². The van der Waals surface area contributed by atoms with Crippen LogP contribution >= 0.6 is 23.4 Å². The highest BCUT2D eigenvalue weighted by Gasteiger charge is 2.31. The smallest absolute Gasteiger partial charge is 0.246 e. The number of nitrogens with zero attached hydrogens (tertiary/aromatic N) is 3. The molecule has 0 aliphatic carbocycles. The fourth-order valence-electron chi connectivity index (χ4n) is 2.44. The van der Waals surface area contributed by atoms with Crippen molar-refractivity contribution in [2.45, 2.75) is 31.7 Å². The molecule has 0 saturated carbocycles. The maximum Gasteiger partial charge on any atom is 0.246 e. The van der Waals surface area contributed by atoms with Crippen molar-refractivity contribution in [3.05, 3.63) is 11.4 Å². The lowest BCUT2D eigenvalue weighted by Gasteiger charge is -2.19. The van der Waals surface area contributed by atoms with E-state index in [1.165, 1.54) is 0 Å². The van der Waals surface area contributed by atoms with E-state index in [9.17, 15) is 8.42 Å². The molecule has 0 atom stereocenters. The van der Waals surface area contributed by atoms with Gasteiger partial charge in [0.2, 0.25) is 10.0 Å². The maximum absolute atomic E-state index is 12.8. The molecule has 0 N–H and O–H groups in total. The van der Waals surface area contributed by atoms with Crippen LogP contribution in [0.3, 0.4) is 0 Å². The van der Waals surface area contributed by atoms with Crippen molar-refractivity contribution < 1.29 is 8.42 Å². The molecule has 0 unspecified atom stereocenters. The molecule has 1 saturated heterocycles. The lowest BCUT2D eigenvalue weighted by Crippen LogP contribution is -2.33. The van der Waals surface area contributed by atoms with E-state index in [0.29, 0.717) is 41.8 Å². The molecule has 20 heavy (non-hydrogen) atoms. The molecule has 0 bridgehead atoms. The average Bonchev–Trinajstić information content (AvgIpc) is 2.61. The zero-order valence-electron chi connectivity index (χ0n) is 11.8. The summed E-state index contributed by atoms with van der Waals surface area (Å²) in [6.45, 7) is 5.24. The van der Waals surface area contributed by atoms with Gasteiger partial charge >= 0.3 is 0 Å². The van der Waals surface area contributed by atoms with Gasteiger partial charge in [0.05, 0.1) is 17.9 Å². The monoisotopic (exact) mass is 337 g/mol. The molecule has 0 radical (unpaired) electrons. The van der Waals surface area contributed by atoms with Crippen LogP contribution in [0.25, 0.3) is 0 Å². The van der Waals surface area contributed by atoms with Crippen molar-refractivity contribution >= 4 is 33.4 Å². The summed E-state index contributed by atoms with van der Waals surface area (Å²) in [5.74, 6) is 2.30. The Kier molecular flexibility index (Phi) is 5.39. The van der Waals surface area contributed by atoms with Crippen LogP contribution in [0.1, 0.15) is 17.8 Å². The average molecular weight is 338 g/mol. The molecular formula is C12H20ClN3O2S2. The summed E-state index contributed by atoms with van der Waals surface area (Å²) in [6, 6.07) is 0. The molecule has 5 nitrogen and oxygen atoms in total. The lowest BCUT2D eigenvalue weighted by molar-refractivity contribution is 0.434. The predicted octanol–water partition coefficient (Wildman–Crippen LogP) is 1.87. The summed E-state index contributed by atoms with van der Waals surface area (Å²) in [4.78, 5) is 0.356. The van der Waals surface area contributed by atoms with Gasteiger partial charge in [-0.15, -0.1) is 11.6 Å². The summed E-state index contributed by atoms with van der Waals surface area (Å²) >= 11 is 7.54. The molecule has 1 aliphatic heterocycles. The van der Waals surface area contributed by atoms with Crippen molar-refractivity contribution in [1.29, 1.82) is 0 Å². The third-order valence-corrected chi connectivity index (χ3v) is 6.76. The van der Waals surface area contributed by atoms with E-state index >= 15 is 0 Å². The van der Waals surface area contributed by atoms with E-state index in [1.807, 2.05) is 11.8 Å².